The minimum Gasteiger partial charge on any atom is -0.495 e. The molecule has 0 aliphatic heterocycles. The Labute approximate surface area is 186 Å². The van der Waals surface area contributed by atoms with E-state index in [1.807, 2.05) is 18.2 Å². The van der Waals surface area contributed by atoms with Crippen LogP contribution in [0, 0.1) is 11.3 Å². The second kappa shape index (κ2) is 8.33. The number of rotatable bonds is 5. The molecule has 1 N–H and O–H groups in total. The lowest BCUT2D eigenvalue weighted by atomic mass is 10.1. The van der Waals surface area contributed by atoms with Crippen LogP contribution in [-0.4, -0.2) is 18.4 Å². The van der Waals surface area contributed by atoms with Gasteiger partial charge in [-0.3, -0.25) is 4.79 Å². The van der Waals surface area contributed by atoms with Gasteiger partial charge in [-0.2, -0.15) is 5.26 Å². The quantitative estimate of drug-likeness (QED) is 0.340. The van der Waals surface area contributed by atoms with Crippen LogP contribution in [-0.2, 0) is 0 Å². The first-order chi connectivity index (χ1) is 14.5. The molecule has 0 bridgehead atoms. The Bertz CT molecular complexity index is 1310. The summed E-state index contributed by atoms with van der Waals surface area (Å²) in [5.74, 6) is 0.466. The molecule has 2 aromatic heterocycles. The number of halogens is 2. The molecule has 148 valence electrons. The highest BCUT2D eigenvalue weighted by Crippen LogP contribution is 2.41. The van der Waals surface area contributed by atoms with E-state index in [4.69, 9.17) is 27.9 Å². The van der Waals surface area contributed by atoms with E-state index < -0.39 is 0 Å². The number of methoxy groups -OCH3 is 1. The number of aromatic nitrogens is 1. The summed E-state index contributed by atoms with van der Waals surface area (Å²) < 4.78 is 5.27. The molecule has 0 atom stereocenters. The average molecular weight is 454 g/mol. The fourth-order valence-corrected chi connectivity index (χ4v) is 4.52. The Morgan fingerprint density at radius 1 is 1.17 bits per heavy atom. The fraction of sp³-hybridized carbons (Fsp3) is 0.0455. The number of nitrogens with one attached hydrogen (secondary N) is 1. The SMILES string of the molecule is COc1cc(Nc2c(C#N)cnc3sc(-c4ccc(C=O)cc4)cc23)c(Cl)cc1Cl. The molecule has 0 unspecified atom stereocenters. The highest BCUT2D eigenvalue weighted by atomic mass is 35.5. The van der Waals surface area contributed by atoms with Crippen molar-refractivity contribution in [3.05, 3.63) is 69.8 Å². The molecule has 0 saturated heterocycles. The maximum Gasteiger partial charge on any atom is 0.150 e. The van der Waals surface area contributed by atoms with Crippen molar-refractivity contribution >= 4 is 62.4 Å². The topological polar surface area (TPSA) is 75.0 Å². The van der Waals surface area contributed by atoms with Crippen molar-refractivity contribution in [2.75, 3.05) is 12.4 Å². The zero-order chi connectivity index (χ0) is 21.3. The Morgan fingerprint density at radius 2 is 1.93 bits per heavy atom. The van der Waals surface area contributed by atoms with E-state index in [9.17, 15) is 10.1 Å². The first kappa shape index (κ1) is 20.2. The first-order valence-corrected chi connectivity index (χ1v) is 10.3. The van der Waals surface area contributed by atoms with Gasteiger partial charge in [0.2, 0.25) is 0 Å². The van der Waals surface area contributed by atoms with Gasteiger partial charge in [-0.1, -0.05) is 47.5 Å². The third-order valence-electron chi connectivity index (χ3n) is 4.51. The Morgan fingerprint density at radius 3 is 2.60 bits per heavy atom. The molecule has 4 rings (SSSR count). The molecule has 30 heavy (non-hydrogen) atoms. The second-order valence-corrected chi connectivity index (χ2v) is 8.16. The van der Waals surface area contributed by atoms with E-state index in [0.29, 0.717) is 38.3 Å². The van der Waals surface area contributed by atoms with Gasteiger partial charge in [0, 0.05) is 28.1 Å². The minimum atomic E-state index is 0.383. The lowest BCUT2D eigenvalue weighted by molar-refractivity contribution is 0.112. The lowest BCUT2D eigenvalue weighted by Crippen LogP contribution is -1.97. The number of hydrogen-bond donors (Lipinski definition) is 1. The predicted octanol–water partition coefficient (Wildman–Crippen LogP) is 6.71. The summed E-state index contributed by atoms with van der Waals surface area (Å²) in [5, 5.41) is 14.4. The van der Waals surface area contributed by atoms with Crippen LogP contribution in [0.2, 0.25) is 10.0 Å². The number of nitriles is 1. The molecule has 0 spiro atoms. The molecule has 4 aromatic rings. The summed E-state index contributed by atoms with van der Waals surface area (Å²) in [7, 11) is 1.52. The number of anilines is 2. The molecule has 0 radical (unpaired) electrons. The average Bonchev–Trinajstić information content (AvgIpc) is 3.20. The molecular formula is C22H13Cl2N3O2S. The van der Waals surface area contributed by atoms with Crippen LogP contribution in [0.4, 0.5) is 11.4 Å². The number of thiophene rings is 1. The number of ether oxygens (including phenoxy) is 1. The number of hydrogen-bond acceptors (Lipinski definition) is 6. The standard InChI is InChI=1S/C22H13Cl2N3O2S/c1-29-19-8-18(16(23)7-17(19)24)27-21-14(9-25)10-26-22-15(21)6-20(30-22)13-4-2-12(11-28)3-5-13/h2-8,10-11H,1H3,(H,26,27). The zero-order valence-corrected chi connectivity index (χ0v) is 17.9. The molecule has 8 heteroatoms. The van der Waals surface area contributed by atoms with Crippen molar-refractivity contribution in [2.45, 2.75) is 0 Å². The molecule has 0 saturated carbocycles. The van der Waals surface area contributed by atoms with Crippen LogP contribution in [0.25, 0.3) is 20.7 Å². The fourth-order valence-electron chi connectivity index (χ4n) is 2.99. The summed E-state index contributed by atoms with van der Waals surface area (Å²) in [6.45, 7) is 0. The van der Waals surface area contributed by atoms with Gasteiger partial charge in [0.25, 0.3) is 0 Å². The number of carbonyl (C=O) groups excluding carboxylic acids is 1. The lowest BCUT2D eigenvalue weighted by Gasteiger charge is -2.13. The van der Waals surface area contributed by atoms with Crippen LogP contribution >= 0.6 is 34.5 Å². The maximum absolute atomic E-state index is 10.9. The van der Waals surface area contributed by atoms with E-state index >= 15 is 0 Å². The van der Waals surface area contributed by atoms with Gasteiger partial charge in [-0.15, -0.1) is 11.3 Å². The Balaban J connectivity index is 1.83. The van der Waals surface area contributed by atoms with Gasteiger partial charge < -0.3 is 10.1 Å². The zero-order valence-electron chi connectivity index (χ0n) is 15.6. The van der Waals surface area contributed by atoms with Gasteiger partial charge >= 0.3 is 0 Å². The van der Waals surface area contributed by atoms with Crippen molar-refractivity contribution in [3.8, 4) is 22.3 Å². The maximum atomic E-state index is 10.9. The van der Waals surface area contributed by atoms with Gasteiger partial charge in [0.1, 0.15) is 22.9 Å². The number of fused-ring (bicyclic) bond motifs is 1. The third-order valence-corrected chi connectivity index (χ3v) is 6.22. The van der Waals surface area contributed by atoms with Gasteiger partial charge in [-0.05, 0) is 17.7 Å². The van der Waals surface area contributed by atoms with Gasteiger partial charge in [0.15, 0.2) is 0 Å². The molecule has 2 aromatic carbocycles. The van der Waals surface area contributed by atoms with Gasteiger partial charge in [0.05, 0.1) is 34.1 Å². The summed E-state index contributed by atoms with van der Waals surface area (Å²) in [4.78, 5) is 17.1. The van der Waals surface area contributed by atoms with Crippen LogP contribution in [0.15, 0.2) is 48.7 Å². The van der Waals surface area contributed by atoms with Crippen LogP contribution in [0.5, 0.6) is 5.75 Å². The van der Waals surface area contributed by atoms with E-state index in [0.717, 1.165) is 26.9 Å². The van der Waals surface area contributed by atoms with E-state index in [2.05, 4.69) is 16.4 Å². The van der Waals surface area contributed by atoms with Crippen molar-refractivity contribution in [3.63, 3.8) is 0 Å². The predicted molar refractivity (Wildman–Crippen MR) is 121 cm³/mol. The third kappa shape index (κ3) is 3.71. The molecule has 0 fully saturated rings. The van der Waals surface area contributed by atoms with Crippen molar-refractivity contribution < 1.29 is 9.53 Å². The minimum absolute atomic E-state index is 0.383. The van der Waals surface area contributed by atoms with Crippen LogP contribution < -0.4 is 10.1 Å². The first-order valence-electron chi connectivity index (χ1n) is 8.72. The number of carbonyl (C=O) groups is 1. The second-order valence-electron chi connectivity index (χ2n) is 6.32. The molecular weight excluding hydrogens is 441 g/mol. The van der Waals surface area contributed by atoms with Crippen LogP contribution in [0.1, 0.15) is 15.9 Å². The summed E-state index contributed by atoms with van der Waals surface area (Å²) in [6, 6.07) is 14.7. The highest BCUT2D eigenvalue weighted by Gasteiger charge is 2.16. The smallest absolute Gasteiger partial charge is 0.150 e. The normalized spacial score (nSPS) is 10.6. The van der Waals surface area contributed by atoms with E-state index in [1.165, 1.54) is 24.6 Å². The Hall–Kier alpha value is -3.11. The molecule has 0 aliphatic carbocycles. The number of pyridine rings is 1. The van der Waals surface area contributed by atoms with Crippen molar-refractivity contribution in [2.24, 2.45) is 0 Å². The summed E-state index contributed by atoms with van der Waals surface area (Å²) in [6.07, 6.45) is 2.34. The molecule has 5 nitrogen and oxygen atoms in total. The van der Waals surface area contributed by atoms with Crippen molar-refractivity contribution in [1.29, 1.82) is 5.26 Å². The van der Waals surface area contributed by atoms with Gasteiger partial charge in [-0.25, -0.2) is 4.98 Å². The summed E-state index contributed by atoms with van der Waals surface area (Å²) >= 11 is 14.0. The van der Waals surface area contributed by atoms with E-state index in [1.54, 1.807) is 24.3 Å². The van der Waals surface area contributed by atoms with Crippen molar-refractivity contribution in [1.82, 2.24) is 4.98 Å². The number of nitrogens with zero attached hydrogens (tertiary/aromatic N) is 2. The highest BCUT2D eigenvalue weighted by molar-refractivity contribution is 7.22. The molecule has 2 heterocycles. The largest absolute Gasteiger partial charge is 0.495 e. The molecule has 0 amide bonds. The number of aldehydes is 1. The monoisotopic (exact) mass is 453 g/mol. The summed E-state index contributed by atoms with van der Waals surface area (Å²) in [5.41, 5.74) is 3.11. The molecule has 0 aliphatic rings. The Kier molecular flexibility index (Phi) is 5.60. The van der Waals surface area contributed by atoms with E-state index in [-0.39, 0.29) is 0 Å². The van der Waals surface area contributed by atoms with Crippen LogP contribution in [0.3, 0.4) is 0 Å². The number of benzene rings is 2.